The van der Waals surface area contributed by atoms with Crippen LogP contribution < -0.4 is 5.56 Å². The molecule has 1 N–H and O–H groups in total. The molecule has 4 nitrogen and oxygen atoms in total. The zero-order valence-corrected chi connectivity index (χ0v) is 9.34. The molecule has 0 aliphatic rings. The SMILES string of the molecule is CC(C)Cc1cnc2c(O)cccn2c1=O. The van der Waals surface area contributed by atoms with Gasteiger partial charge in [-0.1, -0.05) is 13.8 Å². The van der Waals surface area contributed by atoms with Crippen molar-refractivity contribution < 1.29 is 5.11 Å². The predicted molar refractivity (Wildman–Crippen MR) is 61.7 cm³/mol. The third-order valence-corrected chi connectivity index (χ3v) is 2.41. The lowest BCUT2D eigenvalue weighted by Crippen LogP contribution is -2.20. The van der Waals surface area contributed by atoms with E-state index >= 15 is 0 Å². The maximum absolute atomic E-state index is 12.0. The Morgan fingerprint density at radius 1 is 1.50 bits per heavy atom. The predicted octanol–water partition coefficient (Wildman–Crippen LogP) is 1.60. The molecule has 16 heavy (non-hydrogen) atoms. The molecule has 2 heterocycles. The normalized spacial score (nSPS) is 11.2. The van der Waals surface area contributed by atoms with Crippen LogP contribution in [0.1, 0.15) is 19.4 Å². The van der Waals surface area contributed by atoms with Crippen molar-refractivity contribution >= 4 is 5.65 Å². The Balaban J connectivity index is 2.66. The largest absolute Gasteiger partial charge is 0.504 e. The van der Waals surface area contributed by atoms with Crippen LogP contribution >= 0.6 is 0 Å². The molecule has 0 atom stereocenters. The molecule has 2 aromatic rings. The van der Waals surface area contributed by atoms with Crippen molar-refractivity contribution in [1.82, 2.24) is 9.38 Å². The summed E-state index contributed by atoms with van der Waals surface area (Å²) in [5.41, 5.74) is 0.882. The number of fused-ring (bicyclic) bond motifs is 1. The van der Waals surface area contributed by atoms with Crippen LogP contribution in [-0.4, -0.2) is 14.5 Å². The van der Waals surface area contributed by atoms with Crippen LogP contribution in [0.5, 0.6) is 5.75 Å². The highest BCUT2D eigenvalue weighted by atomic mass is 16.3. The minimum absolute atomic E-state index is 0.0238. The molecule has 2 rings (SSSR count). The fraction of sp³-hybridized carbons (Fsp3) is 0.333. The third kappa shape index (κ3) is 1.78. The molecule has 0 aliphatic carbocycles. The summed E-state index contributed by atoms with van der Waals surface area (Å²) in [6.07, 6.45) is 3.87. The van der Waals surface area contributed by atoms with Gasteiger partial charge in [-0.3, -0.25) is 9.20 Å². The van der Waals surface area contributed by atoms with E-state index in [4.69, 9.17) is 0 Å². The van der Waals surface area contributed by atoms with E-state index in [-0.39, 0.29) is 11.3 Å². The van der Waals surface area contributed by atoms with Gasteiger partial charge in [-0.15, -0.1) is 0 Å². The monoisotopic (exact) mass is 218 g/mol. The molecule has 0 unspecified atom stereocenters. The molecule has 2 aromatic heterocycles. The number of pyridine rings is 1. The van der Waals surface area contributed by atoms with Gasteiger partial charge >= 0.3 is 0 Å². The number of aromatic nitrogens is 2. The number of hydrogen-bond donors (Lipinski definition) is 1. The minimum Gasteiger partial charge on any atom is -0.504 e. The molecule has 0 bridgehead atoms. The van der Waals surface area contributed by atoms with E-state index in [0.717, 1.165) is 0 Å². The molecule has 0 aliphatic heterocycles. The van der Waals surface area contributed by atoms with E-state index in [1.165, 1.54) is 10.5 Å². The lowest BCUT2D eigenvalue weighted by atomic mass is 10.1. The molecule has 4 heteroatoms. The second kappa shape index (κ2) is 3.96. The van der Waals surface area contributed by atoms with Gasteiger partial charge in [0.1, 0.15) is 0 Å². The van der Waals surface area contributed by atoms with Crippen LogP contribution in [0.25, 0.3) is 5.65 Å². The van der Waals surface area contributed by atoms with Crippen LogP contribution in [0, 0.1) is 5.92 Å². The van der Waals surface area contributed by atoms with Gasteiger partial charge in [0.15, 0.2) is 11.4 Å². The second-order valence-corrected chi connectivity index (χ2v) is 4.27. The number of hydrogen-bond acceptors (Lipinski definition) is 3. The molecular formula is C12H14N2O2. The topological polar surface area (TPSA) is 54.6 Å². The Labute approximate surface area is 93.2 Å². The van der Waals surface area contributed by atoms with Crippen molar-refractivity contribution in [1.29, 1.82) is 0 Å². The molecule has 0 amide bonds. The Morgan fingerprint density at radius 3 is 2.94 bits per heavy atom. The summed E-state index contributed by atoms with van der Waals surface area (Å²) in [5.74, 6) is 0.431. The first-order valence-corrected chi connectivity index (χ1v) is 5.28. The fourth-order valence-electron chi connectivity index (χ4n) is 1.71. The quantitative estimate of drug-likeness (QED) is 0.833. The zero-order chi connectivity index (χ0) is 11.7. The Hall–Kier alpha value is -1.84. The van der Waals surface area contributed by atoms with Gasteiger partial charge in [-0.05, 0) is 24.5 Å². The van der Waals surface area contributed by atoms with Crippen molar-refractivity contribution in [3.63, 3.8) is 0 Å². The average Bonchev–Trinajstić information content (AvgIpc) is 2.23. The molecule has 0 aromatic carbocycles. The maximum Gasteiger partial charge on any atom is 0.261 e. The fourth-order valence-corrected chi connectivity index (χ4v) is 1.71. The summed E-state index contributed by atoms with van der Waals surface area (Å²) in [5, 5.41) is 9.55. The van der Waals surface area contributed by atoms with Crippen molar-refractivity contribution in [3.8, 4) is 5.75 Å². The van der Waals surface area contributed by atoms with Crippen LogP contribution in [-0.2, 0) is 6.42 Å². The standard InChI is InChI=1S/C12H14N2O2/c1-8(2)6-9-7-13-11-10(15)4-3-5-14(11)12(9)16/h3-5,7-8,15H,6H2,1-2H3. The molecule has 0 fully saturated rings. The Morgan fingerprint density at radius 2 is 2.25 bits per heavy atom. The van der Waals surface area contributed by atoms with E-state index in [9.17, 15) is 9.90 Å². The summed E-state index contributed by atoms with van der Waals surface area (Å²) in [6, 6.07) is 3.15. The minimum atomic E-state index is -0.102. The lowest BCUT2D eigenvalue weighted by molar-refractivity contribution is 0.476. The Kier molecular flexibility index (Phi) is 2.64. The third-order valence-electron chi connectivity index (χ3n) is 2.41. The van der Waals surface area contributed by atoms with Gasteiger partial charge in [0.25, 0.3) is 5.56 Å². The molecule has 0 saturated carbocycles. The van der Waals surface area contributed by atoms with Crippen LogP contribution in [0.3, 0.4) is 0 Å². The van der Waals surface area contributed by atoms with Gasteiger partial charge in [0.05, 0.1) is 0 Å². The van der Waals surface area contributed by atoms with Gasteiger partial charge in [0.2, 0.25) is 0 Å². The summed E-state index contributed by atoms with van der Waals surface area (Å²) >= 11 is 0. The molecule has 0 spiro atoms. The average molecular weight is 218 g/mol. The van der Waals surface area contributed by atoms with E-state index < -0.39 is 0 Å². The van der Waals surface area contributed by atoms with Crippen LogP contribution in [0.15, 0.2) is 29.3 Å². The number of rotatable bonds is 2. The zero-order valence-electron chi connectivity index (χ0n) is 9.34. The van der Waals surface area contributed by atoms with Crippen molar-refractivity contribution in [2.45, 2.75) is 20.3 Å². The first kappa shape index (κ1) is 10.7. The first-order valence-electron chi connectivity index (χ1n) is 5.28. The van der Waals surface area contributed by atoms with Gasteiger partial charge in [0, 0.05) is 18.0 Å². The second-order valence-electron chi connectivity index (χ2n) is 4.27. The lowest BCUT2D eigenvalue weighted by Gasteiger charge is -2.06. The summed E-state index contributed by atoms with van der Waals surface area (Å²) in [6.45, 7) is 4.10. The highest BCUT2D eigenvalue weighted by molar-refractivity contribution is 5.52. The highest BCUT2D eigenvalue weighted by Crippen LogP contribution is 2.13. The van der Waals surface area contributed by atoms with Crippen LogP contribution in [0.4, 0.5) is 0 Å². The summed E-state index contributed by atoms with van der Waals surface area (Å²) in [7, 11) is 0. The molecule has 0 saturated heterocycles. The molecule has 0 radical (unpaired) electrons. The van der Waals surface area contributed by atoms with Crippen molar-refractivity contribution in [3.05, 3.63) is 40.4 Å². The summed E-state index contributed by atoms with van der Waals surface area (Å²) < 4.78 is 1.38. The van der Waals surface area contributed by atoms with Gasteiger partial charge in [-0.2, -0.15) is 0 Å². The smallest absolute Gasteiger partial charge is 0.261 e. The Bertz CT molecular complexity index is 573. The van der Waals surface area contributed by atoms with E-state index in [1.54, 1.807) is 18.5 Å². The molecular weight excluding hydrogens is 204 g/mol. The number of aromatic hydroxyl groups is 1. The van der Waals surface area contributed by atoms with Crippen molar-refractivity contribution in [2.24, 2.45) is 5.92 Å². The van der Waals surface area contributed by atoms with E-state index in [1.807, 2.05) is 0 Å². The first-order chi connectivity index (χ1) is 7.59. The molecule has 84 valence electrons. The number of nitrogens with zero attached hydrogens (tertiary/aromatic N) is 2. The van der Waals surface area contributed by atoms with Crippen molar-refractivity contribution in [2.75, 3.05) is 0 Å². The summed E-state index contributed by atoms with van der Waals surface area (Å²) in [4.78, 5) is 16.1. The van der Waals surface area contributed by atoms with Gasteiger partial charge < -0.3 is 5.11 Å². The van der Waals surface area contributed by atoms with E-state index in [2.05, 4.69) is 18.8 Å². The van der Waals surface area contributed by atoms with Crippen LogP contribution in [0.2, 0.25) is 0 Å². The maximum atomic E-state index is 12.0. The van der Waals surface area contributed by atoms with E-state index in [0.29, 0.717) is 23.5 Å². The van der Waals surface area contributed by atoms with Gasteiger partial charge in [-0.25, -0.2) is 4.98 Å². The highest BCUT2D eigenvalue weighted by Gasteiger charge is 2.08.